The van der Waals surface area contributed by atoms with Crippen LogP contribution >= 0.6 is 36.4 Å². The molecule has 0 unspecified atom stereocenters. The van der Waals surface area contributed by atoms with E-state index in [1.165, 1.54) is 0 Å². The van der Waals surface area contributed by atoms with E-state index in [1.54, 1.807) is 16.8 Å². The minimum Gasteiger partial charge on any atom is -0.378 e. The van der Waals surface area contributed by atoms with Crippen molar-refractivity contribution in [2.75, 3.05) is 32.8 Å². The maximum atomic E-state index is 13.0. The number of carbonyl (C=O) groups excluding carboxylic acids is 1. The summed E-state index contributed by atoms with van der Waals surface area (Å²) in [5.41, 5.74) is 9.26. The van der Waals surface area contributed by atoms with E-state index >= 15 is 0 Å². The molecule has 1 saturated heterocycles. The quantitative estimate of drug-likeness (QED) is 0.465. The number of benzene rings is 2. The monoisotopic (exact) mass is 578 g/mol. The number of rotatable bonds is 5. The summed E-state index contributed by atoms with van der Waals surface area (Å²) >= 11 is 6.25. The van der Waals surface area contributed by atoms with Gasteiger partial charge in [0.15, 0.2) is 0 Å². The summed E-state index contributed by atoms with van der Waals surface area (Å²) in [4.78, 5) is 27.6. The number of ether oxygens (including phenoxy) is 1. The Morgan fingerprint density at radius 3 is 2.42 bits per heavy atom. The zero-order chi connectivity index (χ0) is 25.1. The molecule has 10 heteroatoms. The molecule has 7 nitrogen and oxygen atoms in total. The predicted octanol–water partition coefficient (Wildman–Crippen LogP) is 4.89. The molecule has 2 fully saturated rings. The Morgan fingerprint density at radius 2 is 1.74 bits per heavy atom. The van der Waals surface area contributed by atoms with Crippen molar-refractivity contribution >= 4 is 42.3 Å². The maximum absolute atomic E-state index is 13.0. The molecule has 0 atom stereocenters. The predicted molar refractivity (Wildman–Crippen MR) is 155 cm³/mol. The lowest BCUT2D eigenvalue weighted by atomic mass is 9.68. The topological polar surface area (TPSA) is 90.5 Å². The molecule has 204 valence electrons. The third-order valence-corrected chi connectivity index (χ3v) is 7.85. The molecule has 3 aromatic rings. The molecular weight excluding hydrogens is 547 g/mol. The Kier molecular flexibility index (Phi) is 10.4. The van der Waals surface area contributed by atoms with Crippen molar-refractivity contribution < 1.29 is 9.53 Å². The van der Waals surface area contributed by atoms with Crippen LogP contribution in [0, 0.1) is 0 Å². The first-order valence-electron chi connectivity index (χ1n) is 12.5. The van der Waals surface area contributed by atoms with E-state index in [-0.39, 0.29) is 47.7 Å². The maximum Gasteiger partial charge on any atom is 0.267 e. The largest absolute Gasteiger partial charge is 0.378 e. The molecule has 2 N–H and O–H groups in total. The van der Waals surface area contributed by atoms with Crippen LogP contribution < -0.4 is 11.3 Å². The number of hydrogen-bond donors (Lipinski definition) is 1. The summed E-state index contributed by atoms with van der Waals surface area (Å²) < 4.78 is 6.98. The Morgan fingerprint density at radius 1 is 1.03 bits per heavy atom. The summed E-state index contributed by atoms with van der Waals surface area (Å²) in [6, 6.07) is 18.7. The lowest BCUT2D eigenvalue weighted by molar-refractivity contribution is 0.0303. The number of hydrogen-bond acceptors (Lipinski definition) is 5. The van der Waals surface area contributed by atoms with E-state index in [1.807, 2.05) is 47.4 Å². The number of aromatic nitrogens is 2. The molecule has 38 heavy (non-hydrogen) atoms. The second-order valence-electron chi connectivity index (χ2n) is 9.71. The lowest BCUT2D eigenvalue weighted by Crippen LogP contribution is -2.41. The van der Waals surface area contributed by atoms with Gasteiger partial charge in [-0.3, -0.25) is 9.59 Å². The summed E-state index contributed by atoms with van der Waals surface area (Å²) in [5, 5.41) is 5.46. The van der Waals surface area contributed by atoms with Crippen molar-refractivity contribution in [2.45, 2.75) is 37.1 Å². The minimum atomic E-state index is -0.142. The van der Waals surface area contributed by atoms with Crippen LogP contribution in [0.15, 0.2) is 65.5 Å². The van der Waals surface area contributed by atoms with Crippen LogP contribution in [-0.2, 0) is 10.2 Å². The van der Waals surface area contributed by atoms with Crippen molar-refractivity contribution in [1.82, 2.24) is 14.7 Å². The van der Waals surface area contributed by atoms with Crippen LogP contribution in [0.3, 0.4) is 0 Å². The van der Waals surface area contributed by atoms with Gasteiger partial charge in [-0.05, 0) is 61.6 Å². The molecular formula is C28H33Cl3N4O3. The van der Waals surface area contributed by atoms with Gasteiger partial charge < -0.3 is 15.4 Å². The van der Waals surface area contributed by atoms with Gasteiger partial charge in [0.05, 0.1) is 24.9 Å². The Bertz CT molecular complexity index is 1300. The second-order valence-corrected chi connectivity index (χ2v) is 10.1. The number of carbonyl (C=O) groups is 1. The van der Waals surface area contributed by atoms with Gasteiger partial charge in [0, 0.05) is 47.3 Å². The van der Waals surface area contributed by atoms with E-state index in [2.05, 4.69) is 6.07 Å². The number of halogens is 3. The first-order chi connectivity index (χ1) is 17.5. The van der Waals surface area contributed by atoms with Gasteiger partial charge in [0.25, 0.3) is 11.5 Å². The third-order valence-electron chi connectivity index (χ3n) is 7.61. The van der Waals surface area contributed by atoms with E-state index in [0.29, 0.717) is 49.1 Å². The summed E-state index contributed by atoms with van der Waals surface area (Å²) in [6.45, 7) is 2.83. The van der Waals surface area contributed by atoms with Crippen molar-refractivity contribution in [1.29, 1.82) is 0 Å². The fraction of sp³-hybridized carbons (Fsp3) is 0.393. The van der Waals surface area contributed by atoms with Crippen LogP contribution in [0.1, 0.15) is 47.6 Å². The third kappa shape index (κ3) is 6.24. The number of nitrogens with zero attached hydrogens (tertiary/aromatic N) is 3. The van der Waals surface area contributed by atoms with Crippen molar-refractivity contribution in [2.24, 2.45) is 5.73 Å². The minimum absolute atomic E-state index is 0. The number of morpholine rings is 1. The summed E-state index contributed by atoms with van der Waals surface area (Å²) in [5.74, 6) is -0.0140. The van der Waals surface area contributed by atoms with Crippen molar-refractivity contribution in [3.63, 3.8) is 0 Å². The molecule has 2 aromatic carbocycles. The van der Waals surface area contributed by atoms with Crippen LogP contribution in [0.4, 0.5) is 0 Å². The van der Waals surface area contributed by atoms with Gasteiger partial charge in [-0.2, -0.15) is 5.10 Å². The molecule has 0 bridgehead atoms. The highest BCUT2D eigenvalue weighted by Gasteiger charge is 2.37. The molecule has 1 aliphatic heterocycles. The van der Waals surface area contributed by atoms with Crippen LogP contribution in [0.25, 0.3) is 11.3 Å². The molecule has 0 spiro atoms. The molecule has 2 aliphatic rings. The van der Waals surface area contributed by atoms with Crippen LogP contribution in [0.2, 0.25) is 5.02 Å². The van der Waals surface area contributed by atoms with Gasteiger partial charge in [-0.25, -0.2) is 4.68 Å². The number of nitrogens with two attached hydrogens (primary N) is 1. The molecule has 5 rings (SSSR count). The fourth-order valence-corrected chi connectivity index (χ4v) is 5.62. The summed E-state index contributed by atoms with van der Waals surface area (Å²) in [7, 11) is 0. The fourth-order valence-electron chi connectivity index (χ4n) is 5.43. The molecule has 2 heterocycles. The Labute approximate surface area is 240 Å². The van der Waals surface area contributed by atoms with E-state index in [9.17, 15) is 9.59 Å². The molecule has 1 saturated carbocycles. The Hall–Kier alpha value is -2.42. The first-order valence-corrected chi connectivity index (χ1v) is 12.9. The molecule has 1 aliphatic carbocycles. The Balaban J connectivity index is 0.00000200. The number of amides is 1. The summed E-state index contributed by atoms with van der Waals surface area (Å²) in [6.07, 6.45) is 3.32. The highest BCUT2D eigenvalue weighted by Crippen LogP contribution is 2.42. The van der Waals surface area contributed by atoms with Gasteiger partial charge in [0.2, 0.25) is 0 Å². The van der Waals surface area contributed by atoms with E-state index in [4.69, 9.17) is 27.2 Å². The molecule has 1 amide bonds. The van der Waals surface area contributed by atoms with Crippen LogP contribution in [0.5, 0.6) is 0 Å². The lowest BCUT2D eigenvalue weighted by Gasteiger charge is -2.40. The van der Waals surface area contributed by atoms with Gasteiger partial charge in [-0.1, -0.05) is 35.9 Å². The highest BCUT2D eigenvalue weighted by molar-refractivity contribution is 6.30. The van der Waals surface area contributed by atoms with E-state index < -0.39 is 0 Å². The average Bonchev–Trinajstić information content (AvgIpc) is 2.93. The van der Waals surface area contributed by atoms with E-state index in [0.717, 1.165) is 36.8 Å². The second kappa shape index (κ2) is 13.1. The average molecular weight is 580 g/mol. The first kappa shape index (κ1) is 30.1. The van der Waals surface area contributed by atoms with Crippen molar-refractivity contribution in [3.05, 3.63) is 87.2 Å². The standard InChI is InChI=1S/C28H31ClN4O3.2ClH/c29-23-6-2-5-22(18-23)28(19-30)11-9-24(10-12-28)33-26(34)8-7-25(31-33)20-3-1-4-21(17-20)27(35)32-13-15-36-16-14-32;;/h1-8,17-18,24H,9-16,19,30H2;2*1H/t24-,28-;;. The molecule has 1 aromatic heterocycles. The van der Waals surface area contributed by atoms with Gasteiger partial charge in [0.1, 0.15) is 0 Å². The molecule has 0 radical (unpaired) electrons. The highest BCUT2D eigenvalue weighted by atomic mass is 35.5. The zero-order valence-electron chi connectivity index (χ0n) is 21.1. The smallest absolute Gasteiger partial charge is 0.267 e. The van der Waals surface area contributed by atoms with Crippen molar-refractivity contribution in [3.8, 4) is 11.3 Å². The normalized spacial score (nSPS) is 21.2. The van der Waals surface area contributed by atoms with Crippen LogP contribution in [-0.4, -0.2) is 53.4 Å². The van der Waals surface area contributed by atoms with Gasteiger partial charge in [-0.15, -0.1) is 24.8 Å². The zero-order valence-corrected chi connectivity index (χ0v) is 23.4. The SMILES string of the molecule is Cl.Cl.NC[C@]1(c2cccc(Cl)c2)CC[C@H](n2nc(-c3cccc(C(=O)N4CCOCC4)c3)ccc2=O)CC1. The van der Waals surface area contributed by atoms with Gasteiger partial charge >= 0.3 is 0 Å².